The van der Waals surface area contributed by atoms with Gasteiger partial charge in [0.15, 0.2) is 0 Å². The summed E-state index contributed by atoms with van der Waals surface area (Å²) >= 11 is 0. The Hall–Kier alpha value is -0.0400. The standard InChI is InChI=1S/C11H23N/c1-3-4-5-6-7-11-8-10(2)9-12-11/h10-12H,3-9H2,1-2H3/t10-,11+/m1/s1. The van der Waals surface area contributed by atoms with Crippen LogP contribution in [0.4, 0.5) is 0 Å². The van der Waals surface area contributed by atoms with Crippen LogP contribution in [0, 0.1) is 5.92 Å². The summed E-state index contributed by atoms with van der Waals surface area (Å²) in [6.07, 6.45) is 8.45. The van der Waals surface area contributed by atoms with E-state index < -0.39 is 0 Å². The van der Waals surface area contributed by atoms with Gasteiger partial charge in [0.05, 0.1) is 0 Å². The molecule has 0 radical (unpaired) electrons. The molecule has 0 aromatic rings. The minimum Gasteiger partial charge on any atom is -0.314 e. The van der Waals surface area contributed by atoms with Crippen molar-refractivity contribution in [3.05, 3.63) is 0 Å². The first-order chi connectivity index (χ1) is 5.83. The van der Waals surface area contributed by atoms with Crippen molar-refractivity contribution >= 4 is 0 Å². The fraction of sp³-hybridized carbons (Fsp3) is 1.00. The van der Waals surface area contributed by atoms with Crippen LogP contribution in [0.1, 0.15) is 52.4 Å². The Bertz CT molecular complexity index is 112. The molecule has 1 rings (SSSR count). The fourth-order valence-electron chi connectivity index (χ4n) is 2.06. The van der Waals surface area contributed by atoms with Crippen molar-refractivity contribution in [3.8, 4) is 0 Å². The molecule has 0 saturated carbocycles. The minimum atomic E-state index is 0.844. The molecule has 0 spiro atoms. The molecule has 1 nitrogen and oxygen atoms in total. The van der Waals surface area contributed by atoms with E-state index in [4.69, 9.17) is 0 Å². The molecule has 1 aliphatic rings. The zero-order chi connectivity index (χ0) is 8.81. The summed E-state index contributed by atoms with van der Waals surface area (Å²) in [6.45, 7) is 5.87. The Labute approximate surface area is 76.9 Å². The third kappa shape index (κ3) is 3.57. The molecular weight excluding hydrogens is 146 g/mol. The third-order valence-electron chi connectivity index (χ3n) is 2.85. The fourth-order valence-corrected chi connectivity index (χ4v) is 2.06. The van der Waals surface area contributed by atoms with Gasteiger partial charge in [0.25, 0.3) is 0 Å². The maximum absolute atomic E-state index is 3.58. The number of unbranched alkanes of at least 4 members (excludes halogenated alkanes) is 3. The summed E-state index contributed by atoms with van der Waals surface area (Å²) in [5.41, 5.74) is 0. The second-order valence-corrected chi connectivity index (χ2v) is 4.30. The van der Waals surface area contributed by atoms with Crippen LogP contribution in [0.2, 0.25) is 0 Å². The van der Waals surface area contributed by atoms with Gasteiger partial charge in [-0.1, -0.05) is 39.5 Å². The molecule has 1 heteroatoms. The smallest absolute Gasteiger partial charge is 0.00701 e. The molecule has 0 aliphatic carbocycles. The van der Waals surface area contributed by atoms with Gasteiger partial charge < -0.3 is 5.32 Å². The minimum absolute atomic E-state index is 0.844. The molecule has 72 valence electrons. The van der Waals surface area contributed by atoms with Gasteiger partial charge in [0.2, 0.25) is 0 Å². The van der Waals surface area contributed by atoms with E-state index in [0.29, 0.717) is 0 Å². The first kappa shape index (κ1) is 10.0. The highest BCUT2D eigenvalue weighted by Gasteiger charge is 2.19. The second-order valence-electron chi connectivity index (χ2n) is 4.30. The topological polar surface area (TPSA) is 12.0 Å². The Balaban J connectivity index is 1.93. The number of hydrogen-bond acceptors (Lipinski definition) is 1. The van der Waals surface area contributed by atoms with Crippen molar-refractivity contribution in [2.45, 2.75) is 58.4 Å². The van der Waals surface area contributed by atoms with Crippen molar-refractivity contribution in [2.24, 2.45) is 5.92 Å². The van der Waals surface area contributed by atoms with Crippen LogP contribution in [0.15, 0.2) is 0 Å². The van der Waals surface area contributed by atoms with E-state index >= 15 is 0 Å². The lowest BCUT2D eigenvalue weighted by Crippen LogP contribution is -2.20. The number of rotatable bonds is 5. The van der Waals surface area contributed by atoms with E-state index in [9.17, 15) is 0 Å². The molecule has 2 atom stereocenters. The molecule has 1 saturated heterocycles. The Morgan fingerprint density at radius 2 is 2.08 bits per heavy atom. The molecule has 0 aromatic heterocycles. The zero-order valence-corrected chi connectivity index (χ0v) is 8.60. The van der Waals surface area contributed by atoms with E-state index in [1.807, 2.05) is 0 Å². The monoisotopic (exact) mass is 169 g/mol. The van der Waals surface area contributed by atoms with E-state index in [2.05, 4.69) is 19.2 Å². The molecule has 1 fully saturated rings. The van der Waals surface area contributed by atoms with Crippen LogP contribution < -0.4 is 5.32 Å². The van der Waals surface area contributed by atoms with Gasteiger partial charge in [0.1, 0.15) is 0 Å². The van der Waals surface area contributed by atoms with Crippen molar-refractivity contribution in [2.75, 3.05) is 6.54 Å². The van der Waals surface area contributed by atoms with Crippen molar-refractivity contribution < 1.29 is 0 Å². The average molecular weight is 169 g/mol. The summed E-state index contributed by atoms with van der Waals surface area (Å²) in [7, 11) is 0. The molecule has 1 N–H and O–H groups in total. The second kappa shape index (κ2) is 5.58. The van der Waals surface area contributed by atoms with Gasteiger partial charge in [-0.25, -0.2) is 0 Å². The molecule has 0 unspecified atom stereocenters. The SMILES string of the molecule is CCCCCC[C@H]1C[C@@H](C)CN1. The van der Waals surface area contributed by atoms with E-state index in [-0.39, 0.29) is 0 Å². The van der Waals surface area contributed by atoms with Gasteiger partial charge in [-0.3, -0.25) is 0 Å². The maximum atomic E-state index is 3.58. The largest absolute Gasteiger partial charge is 0.314 e. The molecule has 12 heavy (non-hydrogen) atoms. The quantitative estimate of drug-likeness (QED) is 0.624. The summed E-state index contributed by atoms with van der Waals surface area (Å²) < 4.78 is 0. The lowest BCUT2D eigenvalue weighted by atomic mass is 10.0. The van der Waals surface area contributed by atoms with E-state index in [0.717, 1.165) is 12.0 Å². The Morgan fingerprint density at radius 3 is 2.67 bits per heavy atom. The van der Waals surface area contributed by atoms with Gasteiger partial charge in [0, 0.05) is 6.04 Å². The molecule has 0 aromatic carbocycles. The van der Waals surface area contributed by atoms with Crippen LogP contribution in [-0.4, -0.2) is 12.6 Å². The van der Waals surface area contributed by atoms with E-state index in [1.165, 1.54) is 45.1 Å². The first-order valence-electron chi connectivity index (χ1n) is 5.56. The molecule has 0 amide bonds. The van der Waals surface area contributed by atoms with Gasteiger partial charge >= 0.3 is 0 Å². The number of nitrogens with one attached hydrogen (secondary N) is 1. The van der Waals surface area contributed by atoms with E-state index in [1.54, 1.807) is 0 Å². The highest BCUT2D eigenvalue weighted by molar-refractivity contribution is 4.78. The zero-order valence-electron chi connectivity index (χ0n) is 8.60. The summed E-state index contributed by atoms with van der Waals surface area (Å²) in [4.78, 5) is 0. The molecule has 0 bridgehead atoms. The summed E-state index contributed by atoms with van der Waals surface area (Å²) in [5, 5.41) is 3.58. The molecule has 1 heterocycles. The van der Waals surface area contributed by atoms with Gasteiger partial charge in [-0.15, -0.1) is 0 Å². The summed E-state index contributed by atoms with van der Waals surface area (Å²) in [5.74, 6) is 0.918. The van der Waals surface area contributed by atoms with Crippen LogP contribution >= 0.6 is 0 Å². The highest BCUT2D eigenvalue weighted by atomic mass is 14.9. The summed E-state index contributed by atoms with van der Waals surface area (Å²) in [6, 6.07) is 0.844. The Kier molecular flexibility index (Phi) is 4.67. The van der Waals surface area contributed by atoms with Crippen LogP contribution in [0.5, 0.6) is 0 Å². The predicted octanol–water partition coefficient (Wildman–Crippen LogP) is 2.95. The van der Waals surface area contributed by atoms with Crippen LogP contribution in [0.3, 0.4) is 0 Å². The van der Waals surface area contributed by atoms with Crippen molar-refractivity contribution in [1.29, 1.82) is 0 Å². The highest BCUT2D eigenvalue weighted by Crippen LogP contribution is 2.17. The van der Waals surface area contributed by atoms with Gasteiger partial charge in [-0.2, -0.15) is 0 Å². The number of hydrogen-bond donors (Lipinski definition) is 1. The Morgan fingerprint density at radius 1 is 1.25 bits per heavy atom. The lowest BCUT2D eigenvalue weighted by Gasteiger charge is -2.08. The van der Waals surface area contributed by atoms with Crippen LogP contribution in [0.25, 0.3) is 0 Å². The maximum Gasteiger partial charge on any atom is 0.00701 e. The normalized spacial score (nSPS) is 29.5. The van der Waals surface area contributed by atoms with Crippen molar-refractivity contribution in [3.63, 3.8) is 0 Å². The first-order valence-corrected chi connectivity index (χ1v) is 5.56. The van der Waals surface area contributed by atoms with Gasteiger partial charge in [-0.05, 0) is 25.3 Å². The van der Waals surface area contributed by atoms with Crippen molar-refractivity contribution in [1.82, 2.24) is 5.32 Å². The third-order valence-corrected chi connectivity index (χ3v) is 2.85. The lowest BCUT2D eigenvalue weighted by molar-refractivity contribution is 0.503. The predicted molar refractivity (Wildman–Crippen MR) is 54.3 cm³/mol. The van der Waals surface area contributed by atoms with Crippen LogP contribution in [-0.2, 0) is 0 Å². The average Bonchev–Trinajstić information content (AvgIpc) is 2.45. The molecule has 1 aliphatic heterocycles. The molecular formula is C11H23N.